The first-order valence-corrected chi connectivity index (χ1v) is 8.72. The van der Waals surface area contributed by atoms with Crippen molar-refractivity contribution in [2.45, 2.75) is 20.3 Å². The molecule has 0 spiro atoms. The smallest absolute Gasteiger partial charge is 0.277 e. The van der Waals surface area contributed by atoms with E-state index in [0.29, 0.717) is 28.7 Å². The van der Waals surface area contributed by atoms with Crippen molar-refractivity contribution in [2.24, 2.45) is 5.10 Å². The van der Waals surface area contributed by atoms with Crippen LogP contribution in [0.25, 0.3) is 0 Å². The topological polar surface area (TPSA) is 69.2 Å². The fourth-order valence-electron chi connectivity index (χ4n) is 2.37. The highest BCUT2D eigenvalue weighted by atomic mass is 35.5. The van der Waals surface area contributed by atoms with E-state index in [1.807, 2.05) is 32.0 Å². The van der Waals surface area contributed by atoms with Gasteiger partial charge in [-0.1, -0.05) is 17.7 Å². The summed E-state index contributed by atoms with van der Waals surface area (Å²) < 4.78 is 15.9. The number of halogens is 1. The number of carbonyl (C=O) groups is 1. The SMILES string of the molecule is COc1ccc(C/C(C)=N\NC(=O)COc2ccc(Cl)c(C)c2)cc1OC. The van der Waals surface area contributed by atoms with Crippen LogP contribution in [-0.4, -0.2) is 32.4 Å². The van der Waals surface area contributed by atoms with Gasteiger partial charge in [0.25, 0.3) is 5.91 Å². The predicted octanol–water partition coefficient (Wildman–Crippen LogP) is 3.78. The fraction of sp³-hybridized carbons (Fsp3) is 0.300. The molecule has 1 amide bonds. The average molecular weight is 391 g/mol. The summed E-state index contributed by atoms with van der Waals surface area (Å²) in [6.07, 6.45) is 0.567. The summed E-state index contributed by atoms with van der Waals surface area (Å²) in [7, 11) is 3.18. The number of nitrogens with zero attached hydrogens (tertiary/aromatic N) is 1. The molecule has 0 saturated heterocycles. The van der Waals surface area contributed by atoms with E-state index in [0.717, 1.165) is 16.8 Å². The molecule has 27 heavy (non-hydrogen) atoms. The molecule has 0 heterocycles. The Kier molecular flexibility index (Phi) is 7.49. The molecule has 0 bridgehead atoms. The Balaban J connectivity index is 1.87. The summed E-state index contributed by atoms with van der Waals surface area (Å²) in [6.45, 7) is 3.58. The molecule has 0 aliphatic carbocycles. The van der Waals surface area contributed by atoms with Crippen LogP contribution >= 0.6 is 11.6 Å². The Morgan fingerprint density at radius 2 is 1.85 bits per heavy atom. The van der Waals surface area contributed by atoms with E-state index in [9.17, 15) is 4.79 Å². The number of ether oxygens (including phenoxy) is 3. The van der Waals surface area contributed by atoms with Crippen molar-refractivity contribution in [2.75, 3.05) is 20.8 Å². The highest BCUT2D eigenvalue weighted by Crippen LogP contribution is 2.27. The molecule has 144 valence electrons. The van der Waals surface area contributed by atoms with E-state index >= 15 is 0 Å². The van der Waals surface area contributed by atoms with Crippen LogP contribution in [0.1, 0.15) is 18.1 Å². The molecule has 0 aliphatic rings. The lowest BCUT2D eigenvalue weighted by Crippen LogP contribution is -2.25. The van der Waals surface area contributed by atoms with E-state index < -0.39 is 0 Å². The van der Waals surface area contributed by atoms with Crippen LogP contribution in [0.2, 0.25) is 5.02 Å². The van der Waals surface area contributed by atoms with Crippen molar-refractivity contribution in [3.05, 3.63) is 52.5 Å². The molecule has 2 aromatic rings. The van der Waals surface area contributed by atoms with Crippen molar-refractivity contribution < 1.29 is 19.0 Å². The molecule has 0 atom stereocenters. The molecule has 2 aromatic carbocycles. The second kappa shape index (κ2) is 9.83. The van der Waals surface area contributed by atoms with Gasteiger partial charge < -0.3 is 14.2 Å². The zero-order valence-electron chi connectivity index (χ0n) is 15.8. The van der Waals surface area contributed by atoms with Crippen molar-refractivity contribution in [1.82, 2.24) is 5.43 Å². The molecular formula is C20H23ClN2O4. The second-order valence-electron chi connectivity index (χ2n) is 5.95. The van der Waals surface area contributed by atoms with Crippen molar-refractivity contribution in [3.8, 4) is 17.2 Å². The van der Waals surface area contributed by atoms with Gasteiger partial charge in [0.1, 0.15) is 5.75 Å². The minimum atomic E-state index is -0.339. The number of aryl methyl sites for hydroxylation is 1. The monoisotopic (exact) mass is 390 g/mol. The minimum Gasteiger partial charge on any atom is -0.493 e. The van der Waals surface area contributed by atoms with Crippen molar-refractivity contribution in [1.29, 1.82) is 0 Å². The molecule has 0 aromatic heterocycles. The number of hydrogen-bond acceptors (Lipinski definition) is 5. The van der Waals surface area contributed by atoms with E-state index in [1.165, 1.54) is 0 Å². The van der Waals surface area contributed by atoms with Crippen LogP contribution in [-0.2, 0) is 11.2 Å². The number of nitrogens with one attached hydrogen (secondary N) is 1. The molecule has 7 heteroatoms. The lowest BCUT2D eigenvalue weighted by Gasteiger charge is -2.10. The maximum absolute atomic E-state index is 11.9. The number of carbonyl (C=O) groups excluding carboxylic acids is 1. The van der Waals surface area contributed by atoms with E-state index in [4.69, 9.17) is 25.8 Å². The van der Waals surface area contributed by atoms with Crippen LogP contribution in [0.15, 0.2) is 41.5 Å². The summed E-state index contributed by atoms with van der Waals surface area (Å²) in [4.78, 5) is 11.9. The van der Waals surface area contributed by atoms with Crippen LogP contribution in [0.4, 0.5) is 0 Å². The van der Waals surface area contributed by atoms with Gasteiger partial charge in [-0.3, -0.25) is 4.79 Å². The van der Waals surface area contributed by atoms with Gasteiger partial charge in [0.05, 0.1) is 14.2 Å². The van der Waals surface area contributed by atoms with Crippen molar-refractivity contribution in [3.63, 3.8) is 0 Å². The molecule has 0 unspecified atom stereocenters. The Morgan fingerprint density at radius 1 is 1.11 bits per heavy atom. The molecule has 6 nitrogen and oxygen atoms in total. The van der Waals surface area contributed by atoms with E-state index in [2.05, 4.69) is 10.5 Å². The molecule has 2 rings (SSSR count). The molecule has 0 saturated carbocycles. The zero-order chi connectivity index (χ0) is 19.8. The van der Waals surface area contributed by atoms with Gasteiger partial charge >= 0.3 is 0 Å². The lowest BCUT2D eigenvalue weighted by molar-refractivity contribution is -0.123. The van der Waals surface area contributed by atoms with Crippen molar-refractivity contribution >= 4 is 23.2 Å². The maximum Gasteiger partial charge on any atom is 0.277 e. The number of amides is 1. The van der Waals surface area contributed by atoms with Gasteiger partial charge in [-0.15, -0.1) is 0 Å². The molecule has 1 N–H and O–H groups in total. The third kappa shape index (κ3) is 6.18. The van der Waals surface area contributed by atoms with Gasteiger partial charge in [0.15, 0.2) is 18.1 Å². The summed E-state index contributed by atoms with van der Waals surface area (Å²) in [6, 6.07) is 10.9. The first-order valence-electron chi connectivity index (χ1n) is 8.34. The largest absolute Gasteiger partial charge is 0.493 e. The number of methoxy groups -OCH3 is 2. The van der Waals surface area contributed by atoms with Crippen LogP contribution in [0.3, 0.4) is 0 Å². The summed E-state index contributed by atoms with van der Waals surface area (Å²) in [5.41, 5.74) is 5.12. The molecular weight excluding hydrogens is 368 g/mol. The Morgan fingerprint density at radius 3 is 2.52 bits per heavy atom. The predicted molar refractivity (Wildman–Crippen MR) is 106 cm³/mol. The third-order valence-electron chi connectivity index (χ3n) is 3.78. The first-order chi connectivity index (χ1) is 12.9. The number of hydrazone groups is 1. The van der Waals surface area contributed by atoms with Gasteiger partial charge in [0, 0.05) is 17.2 Å². The van der Waals surface area contributed by atoms with Crippen LogP contribution in [0, 0.1) is 6.92 Å². The summed E-state index contributed by atoms with van der Waals surface area (Å²) >= 11 is 5.96. The molecule has 0 aliphatic heterocycles. The number of rotatable bonds is 8. The van der Waals surface area contributed by atoms with E-state index in [-0.39, 0.29) is 12.5 Å². The standard InChI is InChI=1S/C20H23ClN2O4/c1-13-9-16(6-7-17(13)21)27-12-20(24)23-22-14(2)10-15-5-8-18(25-3)19(11-15)26-4/h5-9,11H,10,12H2,1-4H3,(H,23,24)/b22-14-. The average Bonchev–Trinajstić information content (AvgIpc) is 2.67. The highest BCUT2D eigenvalue weighted by Gasteiger charge is 2.07. The normalized spacial score (nSPS) is 11.1. The van der Waals surface area contributed by atoms with Gasteiger partial charge in [-0.25, -0.2) is 5.43 Å². The molecule has 0 fully saturated rings. The number of hydrogen-bond donors (Lipinski definition) is 1. The maximum atomic E-state index is 11.9. The fourth-order valence-corrected chi connectivity index (χ4v) is 2.49. The summed E-state index contributed by atoms with van der Waals surface area (Å²) in [5.74, 6) is 1.56. The minimum absolute atomic E-state index is 0.131. The Bertz CT molecular complexity index is 837. The third-order valence-corrected chi connectivity index (χ3v) is 4.20. The lowest BCUT2D eigenvalue weighted by atomic mass is 10.1. The quantitative estimate of drug-likeness (QED) is 0.550. The Labute approximate surface area is 164 Å². The van der Waals surface area contributed by atoms with Gasteiger partial charge in [0.2, 0.25) is 0 Å². The number of benzene rings is 2. The highest BCUT2D eigenvalue weighted by molar-refractivity contribution is 6.31. The zero-order valence-corrected chi connectivity index (χ0v) is 16.6. The first kappa shape index (κ1) is 20.6. The summed E-state index contributed by atoms with van der Waals surface area (Å²) in [5, 5.41) is 4.76. The second-order valence-corrected chi connectivity index (χ2v) is 6.36. The van der Waals surface area contributed by atoms with Crippen LogP contribution in [0.5, 0.6) is 17.2 Å². The van der Waals surface area contributed by atoms with Crippen LogP contribution < -0.4 is 19.6 Å². The van der Waals surface area contributed by atoms with E-state index in [1.54, 1.807) is 32.4 Å². The van der Waals surface area contributed by atoms with Gasteiger partial charge in [-0.05, 0) is 55.3 Å². The van der Waals surface area contributed by atoms with Gasteiger partial charge in [-0.2, -0.15) is 5.10 Å². The molecule has 0 radical (unpaired) electrons. The Hall–Kier alpha value is -2.73.